The molecule has 0 spiro atoms. The summed E-state index contributed by atoms with van der Waals surface area (Å²) in [5, 5.41) is 4.01. The number of fused-ring (bicyclic) bond motifs is 1. The summed E-state index contributed by atoms with van der Waals surface area (Å²) >= 11 is 0. The van der Waals surface area contributed by atoms with Crippen LogP contribution in [0.3, 0.4) is 0 Å². The van der Waals surface area contributed by atoms with Crippen molar-refractivity contribution in [2.45, 2.75) is 31.8 Å². The van der Waals surface area contributed by atoms with Crippen molar-refractivity contribution in [2.75, 3.05) is 6.54 Å². The Bertz CT molecular complexity index is 1090. The summed E-state index contributed by atoms with van der Waals surface area (Å²) in [7, 11) is 0. The molecule has 1 aliphatic heterocycles. The lowest BCUT2D eigenvalue weighted by atomic mass is 10.0. The normalized spacial score (nSPS) is 18.0. The molecule has 1 saturated heterocycles. The topological polar surface area (TPSA) is 96.6 Å². The Labute approximate surface area is 159 Å². The van der Waals surface area contributed by atoms with E-state index in [-0.39, 0.29) is 11.9 Å². The highest BCUT2D eigenvalue weighted by atomic mass is 19.1. The van der Waals surface area contributed by atoms with E-state index in [0.717, 1.165) is 37.1 Å². The van der Waals surface area contributed by atoms with Gasteiger partial charge < -0.3 is 9.51 Å². The second kappa shape index (κ2) is 7.08. The number of halogens is 1. The van der Waals surface area contributed by atoms with Gasteiger partial charge in [-0.3, -0.25) is 9.88 Å². The third kappa shape index (κ3) is 3.24. The highest BCUT2D eigenvalue weighted by Crippen LogP contribution is 2.31. The Morgan fingerprint density at radius 1 is 1.21 bits per heavy atom. The number of benzene rings is 1. The number of piperidine rings is 1. The molecule has 1 atom stereocenters. The zero-order valence-corrected chi connectivity index (χ0v) is 15.0. The molecule has 3 aromatic heterocycles. The van der Waals surface area contributed by atoms with Crippen LogP contribution in [-0.4, -0.2) is 41.5 Å². The Hall–Kier alpha value is -3.20. The maximum atomic E-state index is 13.5. The SMILES string of the molecule is Fc1ccc2nc(C3CCCCN3Cc3nc(-c4cnccn4)no3)[nH]c2c1. The number of hydrogen-bond donors (Lipinski definition) is 1. The average Bonchev–Trinajstić information content (AvgIpc) is 3.36. The molecule has 1 aromatic carbocycles. The van der Waals surface area contributed by atoms with Crippen molar-refractivity contribution < 1.29 is 8.91 Å². The summed E-state index contributed by atoms with van der Waals surface area (Å²) in [5.41, 5.74) is 2.06. The Morgan fingerprint density at radius 3 is 3.07 bits per heavy atom. The van der Waals surface area contributed by atoms with Crippen LogP contribution < -0.4 is 0 Å². The van der Waals surface area contributed by atoms with E-state index in [2.05, 4.69) is 35.0 Å². The minimum absolute atomic E-state index is 0.0936. The zero-order valence-electron chi connectivity index (χ0n) is 15.0. The molecule has 1 N–H and O–H groups in total. The molecular formula is C19H18FN7O. The van der Waals surface area contributed by atoms with E-state index in [0.29, 0.717) is 29.5 Å². The first-order valence-electron chi connectivity index (χ1n) is 9.24. The predicted octanol–water partition coefficient (Wildman–Crippen LogP) is 3.27. The average molecular weight is 379 g/mol. The van der Waals surface area contributed by atoms with Gasteiger partial charge in [-0.1, -0.05) is 11.6 Å². The van der Waals surface area contributed by atoms with E-state index in [1.54, 1.807) is 24.7 Å². The highest BCUT2D eigenvalue weighted by molar-refractivity contribution is 5.75. The zero-order chi connectivity index (χ0) is 18.9. The molecule has 0 saturated carbocycles. The van der Waals surface area contributed by atoms with E-state index < -0.39 is 0 Å². The number of imidazole rings is 1. The summed E-state index contributed by atoms with van der Waals surface area (Å²) in [6, 6.07) is 4.70. The number of rotatable bonds is 4. The molecule has 0 amide bonds. The summed E-state index contributed by atoms with van der Waals surface area (Å²) < 4.78 is 18.9. The van der Waals surface area contributed by atoms with Gasteiger partial charge >= 0.3 is 0 Å². The first-order chi connectivity index (χ1) is 13.8. The quantitative estimate of drug-likeness (QED) is 0.581. The Balaban J connectivity index is 1.39. The number of hydrogen-bond acceptors (Lipinski definition) is 7. The van der Waals surface area contributed by atoms with Gasteiger partial charge in [0, 0.05) is 12.4 Å². The summed E-state index contributed by atoms with van der Waals surface area (Å²) in [5.74, 6) is 1.52. The molecule has 1 fully saturated rings. The predicted molar refractivity (Wildman–Crippen MR) is 98.4 cm³/mol. The number of nitrogens with zero attached hydrogens (tertiary/aromatic N) is 6. The third-order valence-corrected chi connectivity index (χ3v) is 4.99. The van der Waals surface area contributed by atoms with Crippen LogP contribution in [0.1, 0.15) is 37.0 Å². The number of likely N-dealkylation sites (tertiary alicyclic amines) is 1. The molecule has 4 aromatic rings. The minimum Gasteiger partial charge on any atom is -0.341 e. The van der Waals surface area contributed by atoms with E-state index >= 15 is 0 Å². The van der Waals surface area contributed by atoms with Crippen LogP contribution in [0.15, 0.2) is 41.3 Å². The third-order valence-electron chi connectivity index (χ3n) is 4.99. The van der Waals surface area contributed by atoms with Crippen LogP contribution in [0.4, 0.5) is 4.39 Å². The molecule has 28 heavy (non-hydrogen) atoms. The fourth-order valence-corrected chi connectivity index (χ4v) is 3.66. The first-order valence-corrected chi connectivity index (χ1v) is 9.24. The van der Waals surface area contributed by atoms with Gasteiger partial charge in [0.15, 0.2) is 0 Å². The van der Waals surface area contributed by atoms with Crippen molar-refractivity contribution in [1.29, 1.82) is 0 Å². The summed E-state index contributed by atoms with van der Waals surface area (Å²) in [6.45, 7) is 1.42. The summed E-state index contributed by atoms with van der Waals surface area (Å²) in [4.78, 5) is 22.9. The minimum atomic E-state index is -0.273. The lowest BCUT2D eigenvalue weighted by Gasteiger charge is -2.33. The fraction of sp³-hybridized carbons (Fsp3) is 0.316. The maximum Gasteiger partial charge on any atom is 0.241 e. The molecule has 8 nitrogen and oxygen atoms in total. The lowest BCUT2D eigenvalue weighted by molar-refractivity contribution is 0.119. The number of aromatic nitrogens is 6. The standard InChI is InChI=1S/C19H18FN7O/c20-12-4-5-13-14(9-12)24-19(23-13)16-3-1-2-8-27(16)11-17-25-18(26-28-17)15-10-21-6-7-22-15/h4-7,9-10,16H,1-3,8,11H2,(H,23,24). The Morgan fingerprint density at radius 2 is 2.18 bits per heavy atom. The van der Waals surface area contributed by atoms with Crippen molar-refractivity contribution in [1.82, 2.24) is 35.0 Å². The maximum absolute atomic E-state index is 13.5. The van der Waals surface area contributed by atoms with Crippen LogP contribution in [-0.2, 0) is 6.54 Å². The van der Waals surface area contributed by atoms with Gasteiger partial charge in [-0.2, -0.15) is 4.98 Å². The first kappa shape index (κ1) is 16.9. The van der Waals surface area contributed by atoms with Crippen LogP contribution in [0.25, 0.3) is 22.6 Å². The van der Waals surface area contributed by atoms with Crippen molar-refractivity contribution >= 4 is 11.0 Å². The van der Waals surface area contributed by atoms with Gasteiger partial charge in [-0.05, 0) is 37.6 Å². The van der Waals surface area contributed by atoms with E-state index in [4.69, 9.17) is 4.52 Å². The van der Waals surface area contributed by atoms with Crippen LogP contribution in [0.5, 0.6) is 0 Å². The molecular weight excluding hydrogens is 361 g/mol. The summed E-state index contributed by atoms with van der Waals surface area (Å²) in [6.07, 6.45) is 7.97. The molecule has 0 aliphatic carbocycles. The second-order valence-corrected chi connectivity index (χ2v) is 6.87. The van der Waals surface area contributed by atoms with Gasteiger partial charge in [0.1, 0.15) is 17.3 Å². The van der Waals surface area contributed by atoms with Gasteiger partial charge in [0.25, 0.3) is 0 Å². The Kier molecular flexibility index (Phi) is 4.28. The largest absolute Gasteiger partial charge is 0.341 e. The monoisotopic (exact) mass is 379 g/mol. The van der Waals surface area contributed by atoms with E-state index in [9.17, 15) is 4.39 Å². The highest BCUT2D eigenvalue weighted by Gasteiger charge is 2.28. The molecule has 5 rings (SSSR count). The number of H-pyrrole nitrogens is 1. The molecule has 142 valence electrons. The molecule has 0 radical (unpaired) electrons. The van der Waals surface area contributed by atoms with Crippen molar-refractivity contribution in [3.8, 4) is 11.5 Å². The van der Waals surface area contributed by atoms with Crippen molar-refractivity contribution in [3.05, 3.63) is 54.3 Å². The second-order valence-electron chi connectivity index (χ2n) is 6.87. The van der Waals surface area contributed by atoms with Crippen molar-refractivity contribution in [2.24, 2.45) is 0 Å². The molecule has 9 heteroatoms. The lowest BCUT2D eigenvalue weighted by Crippen LogP contribution is -2.33. The van der Waals surface area contributed by atoms with Crippen molar-refractivity contribution in [3.63, 3.8) is 0 Å². The number of aromatic amines is 1. The van der Waals surface area contributed by atoms with Gasteiger partial charge in [0.05, 0.1) is 29.8 Å². The van der Waals surface area contributed by atoms with Crippen LogP contribution in [0, 0.1) is 5.82 Å². The molecule has 1 aliphatic rings. The number of nitrogens with one attached hydrogen (secondary N) is 1. The fourth-order valence-electron chi connectivity index (χ4n) is 3.66. The van der Waals surface area contributed by atoms with E-state index in [1.165, 1.54) is 12.1 Å². The van der Waals surface area contributed by atoms with Gasteiger partial charge in [0.2, 0.25) is 11.7 Å². The van der Waals surface area contributed by atoms with E-state index in [1.807, 2.05) is 0 Å². The molecule has 1 unspecified atom stereocenters. The van der Waals surface area contributed by atoms with Crippen LogP contribution >= 0.6 is 0 Å². The van der Waals surface area contributed by atoms with Crippen LogP contribution in [0.2, 0.25) is 0 Å². The van der Waals surface area contributed by atoms with Gasteiger partial charge in [-0.25, -0.2) is 14.4 Å². The molecule has 4 heterocycles. The van der Waals surface area contributed by atoms with Gasteiger partial charge in [-0.15, -0.1) is 0 Å². The smallest absolute Gasteiger partial charge is 0.241 e. The molecule has 0 bridgehead atoms.